The van der Waals surface area contributed by atoms with Gasteiger partial charge in [0.1, 0.15) is 17.7 Å². The smallest absolute Gasteiger partial charge is 0.219 e. The van der Waals surface area contributed by atoms with E-state index in [4.69, 9.17) is 15.2 Å². The van der Waals surface area contributed by atoms with E-state index < -0.39 is 0 Å². The van der Waals surface area contributed by atoms with Gasteiger partial charge < -0.3 is 15.2 Å². The summed E-state index contributed by atoms with van der Waals surface area (Å²) >= 11 is 0. The topological polar surface area (TPSA) is 70.3 Å². The number of rotatable bonds is 3. The molecule has 0 atom stereocenters. The summed E-state index contributed by atoms with van der Waals surface area (Å²) in [5.74, 6) is 1.95. The van der Waals surface area contributed by atoms with Crippen LogP contribution in [0.5, 0.6) is 5.88 Å². The fraction of sp³-hybridized carbons (Fsp3) is 0.600. The van der Waals surface area contributed by atoms with Crippen molar-refractivity contribution < 1.29 is 9.47 Å². The predicted molar refractivity (Wildman–Crippen MR) is 55.8 cm³/mol. The molecule has 0 radical (unpaired) electrons. The summed E-state index contributed by atoms with van der Waals surface area (Å²) in [4.78, 5) is 8.43. The van der Waals surface area contributed by atoms with Crippen molar-refractivity contribution in [3.8, 4) is 5.88 Å². The molecule has 0 bridgehead atoms. The first-order chi connectivity index (χ1) is 7.15. The molecule has 1 saturated heterocycles. The van der Waals surface area contributed by atoms with E-state index in [0.29, 0.717) is 30.7 Å². The normalized spacial score (nSPS) is 16.5. The van der Waals surface area contributed by atoms with Crippen LogP contribution in [0, 0.1) is 0 Å². The predicted octanol–water partition coefficient (Wildman–Crippen LogP) is 0.960. The van der Waals surface area contributed by atoms with E-state index in [2.05, 4.69) is 9.97 Å². The third-order valence-corrected chi connectivity index (χ3v) is 2.15. The molecule has 1 fully saturated rings. The van der Waals surface area contributed by atoms with Crippen LogP contribution < -0.4 is 10.5 Å². The Kier molecular flexibility index (Phi) is 2.73. The Hall–Kier alpha value is -1.36. The van der Waals surface area contributed by atoms with Gasteiger partial charge in [0.05, 0.1) is 13.2 Å². The van der Waals surface area contributed by atoms with Gasteiger partial charge in [-0.1, -0.05) is 13.8 Å². The van der Waals surface area contributed by atoms with Gasteiger partial charge in [-0.2, -0.15) is 4.98 Å². The van der Waals surface area contributed by atoms with E-state index >= 15 is 0 Å². The zero-order valence-electron chi connectivity index (χ0n) is 8.93. The number of nitrogens with zero attached hydrogens (tertiary/aromatic N) is 2. The van der Waals surface area contributed by atoms with E-state index in [1.165, 1.54) is 0 Å². The molecular formula is C10H15N3O2. The fourth-order valence-electron chi connectivity index (χ4n) is 1.23. The van der Waals surface area contributed by atoms with Crippen molar-refractivity contribution in [1.82, 2.24) is 9.97 Å². The van der Waals surface area contributed by atoms with E-state index in [0.717, 1.165) is 0 Å². The molecule has 5 nitrogen and oxygen atoms in total. The van der Waals surface area contributed by atoms with Gasteiger partial charge in [0.2, 0.25) is 5.88 Å². The van der Waals surface area contributed by atoms with Crippen molar-refractivity contribution in [2.45, 2.75) is 25.9 Å². The second-order valence-electron chi connectivity index (χ2n) is 3.92. The van der Waals surface area contributed by atoms with Crippen LogP contribution in [0.25, 0.3) is 0 Å². The molecule has 82 valence electrons. The molecule has 1 aromatic rings. The van der Waals surface area contributed by atoms with Gasteiger partial charge in [-0.05, 0) is 0 Å². The molecule has 0 unspecified atom stereocenters. The molecule has 0 spiro atoms. The molecule has 2 rings (SSSR count). The number of nitrogen functional groups attached to an aromatic ring is 1. The molecular weight excluding hydrogens is 194 g/mol. The first-order valence-electron chi connectivity index (χ1n) is 5.04. The number of aromatic nitrogens is 2. The Labute approximate surface area is 88.6 Å². The van der Waals surface area contributed by atoms with Gasteiger partial charge in [0, 0.05) is 12.0 Å². The summed E-state index contributed by atoms with van der Waals surface area (Å²) in [5, 5.41) is 0. The van der Waals surface area contributed by atoms with E-state index in [1.807, 2.05) is 13.8 Å². The maximum atomic E-state index is 5.67. The fourth-order valence-corrected chi connectivity index (χ4v) is 1.23. The summed E-state index contributed by atoms with van der Waals surface area (Å²) in [6.45, 7) is 5.29. The van der Waals surface area contributed by atoms with Crippen molar-refractivity contribution in [2.75, 3.05) is 18.9 Å². The highest BCUT2D eigenvalue weighted by Crippen LogP contribution is 2.19. The van der Waals surface area contributed by atoms with Crippen LogP contribution in [0.3, 0.4) is 0 Å². The monoisotopic (exact) mass is 209 g/mol. The first-order valence-corrected chi connectivity index (χ1v) is 5.04. The number of hydrogen-bond donors (Lipinski definition) is 1. The number of anilines is 1. The van der Waals surface area contributed by atoms with Gasteiger partial charge in [-0.25, -0.2) is 4.98 Å². The summed E-state index contributed by atoms with van der Waals surface area (Å²) in [6, 6.07) is 1.64. The molecule has 0 aliphatic carbocycles. The van der Waals surface area contributed by atoms with Crippen LogP contribution >= 0.6 is 0 Å². The van der Waals surface area contributed by atoms with Gasteiger partial charge in [-0.15, -0.1) is 0 Å². The minimum atomic E-state index is 0.110. The lowest BCUT2D eigenvalue weighted by atomic mass is 10.2. The number of hydrogen-bond acceptors (Lipinski definition) is 5. The molecule has 0 saturated carbocycles. The van der Waals surface area contributed by atoms with Gasteiger partial charge in [-0.3, -0.25) is 0 Å². The molecule has 15 heavy (non-hydrogen) atoms. The van der Waals surface area contributed by atoms with E-state index in [-0.39, 0.29) is 12.0 Å². The lowest BCUT2D eigenvalue weighted by Gasteiger charge is -2.26. The van der Waals surface area contributed by atoms with Crippen LogP contribution in [0.2, 0.25) is 0 Å². The van der Waals surface area contributed by atoms with Crippen molar-refractivity contribution in [3.05, 3.63) is 11.9 Å². The lowest BCUT2D eigenvalue weighted by molar-refractivity contribution is -0.0814. The average Bonchev–Trinajstić information content (AvgIpc) is 2.10. The second kappa shape index (κ2) is 4.02. The number of ether oxygens (including phenoxy) is 2. The van der Waals surface area contributed by atoms with Crippen LogP contribution in [-0.4, -0.2) is 29.3 Å². The lowest BCUT2D eigenvalue weighted by Crippen LogP contribution is -2.38. The van der Waals surface area contributed by atoms with E-state index in [1.54, 1.807) is 6.07 Å². The molecule has 2 heterocycles. The maximum Gasteiger partial charge on any atom is 0.219 e. The van der Waals surface area contributed by atoms with Crippen LogP contribution in [0.4, 0.5) is 5.82 Å². The first kappa shape index (κ1) is 10.2. The highest BCUT2D eigenvalue weighted by atomic mass is 16.6. The summed E-state index contributed by atoms with van der Waals surface area (Å²) in [6.07, 6.45) is 0.110. The second-order valence-corrected chi connectivity index (χ2v) is 3.92. The third-order valence-electron chi connectivity index (χ3n) is 2.15. The molecule has 1 aromatic heterocycles. The van der Waals surface area contributed by atoms with Gasteiger partial charge >= 0.3 is 0 Å². The largest absolute Gasteiger partial charge is 0.469 e. The van der Waals surface area contributed by atoms with Crippen molar-refractivity contribution >= 4 is 5.82 Å². The molecule has 2 N–H and O–H groups in total. The standard InChI is InChI=1S/C10H15N3O2/c1-6(2)10-12-8(11)3-9(13-10)15-7-4-14-5-7/h3,6-7H,4-5H2,1-2H3,(H2,11,12,13). The Bertz CT molecular complexity index is 351. The zero-order chi connectivity index (χ0) is 10.8. The van der Waals surface area contributed by atoms with Crippen LogP contribution in [0.1, 0.15) is 25.6 Å². The van der Waals surface area contributed by atoms with Crippen LogP contribution in [-0.2, 0) is 4.74 Å². The minimum absolute atomic E-state index is 0.110. The minimum Gasteiger partial charge on any atom is -0.469 e. The Morgan fingerprint density at radius 2 is 2.20 bits per heavy atom. The Balaban J connectivity index is 2.15. The maximum absolute atomic E-state index is 5.67. The highest BCUT2D eigenvalue weighted by Gasteiger charge is 2.21. The molecule has 1 aliphatic rings. The Morgan fingerprint density at radius 1 is 1.47 bits per heavy atom. The molecule has 5 heteroatoms. The van der Waals surface area contributed by atoms with Gasteiger partial charge in [0.25, 0.3) is 0 Å². The van der Waals surface area contributed by atoms with Crippen molar-refractivity contribution in [1.29, 1.82) is 0 Å². The number of nitrogens with two attached hydrogens (primary N) is 1. The SMILES string of the molecule is CC(C)c1nc(N)cc(OC2COC2)n1. The Morgan fingerprint density at radius 3 is 2.73 bits per heavy atom. The summed E-state index contributed by atoms with van der Waals surface area (Å²) in [7, 11) is 0. The summed E-state index contributed by atoms with van der Waals surface area (Å²) < 4.78 is 10.6. The molecule has 0 amide bonds. The van der Waals surface area contributed by atoms with Crippen molar-refractivity contribution in [3.63, 3.8) is 0 Å². The van der Waals surface area contributed by atoms with E-state index in [9.17, 15) is 0 Å². The third kappa shape index (κ3) is 2.36. The quantitative estimate of drug-likeness (QED) is 0.802. The highest BCUT2D eigenvalue weighted by molar-refractivity contribution is 5.33. The average molecular weight is 209 g/mol. The van der Waals surface area contributed by atoms with Crippen LogP contribution in [0.15, 0.2) is 6.07 Å². The van der Waals surface area contributed by atoms with Crippen molar-refractivity contribution in [2.24, 2.45) is 0 Å². The van der Waals surface area contributed by atoms with Gasteiger partial charge in [0.15, 0.2) is 0 Å². The molecule has 1 aliphatic heterocycles. The zero-order valence-corrected chi connectivity index (χ0v) is 8.93. The summed E-state index contributed by atoms with van der Waals surface area (Å²) in [5.41, 5.74) is 5.67. The molecule has 0 aromatic carbocycles.